The van der Waals surface area contributed by atoms with Crippen LogP contribution in [-0.2, 0) is 4.74 Å². The molecule has 0 radical (unpaired) electrons. The van der Waals surface area contributed by atoms with E-state index in [1.807, 2.05) is 0 Å². The lowest BCUT2D eigenvalue weighted by molar-refractivity contribution is 0.0782. The fourth-order valence-corrected chi connectivity index (χ4v) is 2.73. The van der Waals surface area contributed by atoms with Gasteiger partial charge in [-0.05, 0) is 32.1 Å². The van der Waals surface area contributed by atoms with E-state index in [9.17, 15) is 5.11 Å². The van der Waals surface area contributed by atoms with E-state index in [4.69, 9.17) is 4.74 Å². The van der Waals surface area contributed by atoms with Crippen molar-refractivity contribution in [1.29, 1.82) is 0 Å². The van der Waals surface area contributed by atoms with Crippen LogP contribution in [0.2, 0.25) is 0 Å². The smallest absolute Gasteiger partial charge is 0.0577 e. The summed E-state index contributed by atoms with van der Waals surface area (Å²) in [7, 11) is 0. The van der Waals surface area contributed by atoms with E-state index >= 15 is 0 Å². The van der Waals surface area contributed by atoms with Gasteiger partial charge in [-0.1, -0.05) is 51.9 Å². The number of unbranched alkanes of at least 4 members (excludes halogenated alkanes) is 6. The molecule has 1 aliphatic rings. The minimum atomic E-state index is -0.0927. The lowest BCUT2D eigenvalue weighted by atomic mass is 10.0. The molecule has 0 aromatic carbocycles. The number of ether oxygens (including phenoxy) is 1. The van der Waals surface area contributed by atoms with Crippen molar-refractivity contribution in [2.24, 2.45) is 0 Å². The molecule has 0 aliphatic carbocycles. The van der Waals surface area contributed by atoms with Gasteiger partial charge >= 0.3 is 0 Å². The molecule has 1 rings (SSSR count). The van der Waals surface area contributed by atoms with E-state index in [-0.39, 0.29) is 6.10 Å². The molecule has 0 aromatic heterocycles. The molecule has 2 heteroatoms. The van der Waals surface area contributed by atoms with Crippen LogP contribution in [0.1, 0.15) is 84.0 Å². The lowest BCUT2D eigenvalue weighted by Crippen LogP contribution is -2.12. The van der Waals surface area contributed by atoms with E-state index in [1.165, 1.54) is 57.8 Å². The molecule has 1 heterocycles. The van der Waals surface area contributed by atoms with Crippen LogP contribution in [0.3, 0.4) is 0 Å². The van der Waals surface area contributed by atoms with Crippen molar-refractivity contribution in [3.05, 3.63) is 0 Å². The van der Waals surface area contributed by atoms with Crippen LogP contribution in [-0.4, -0.2) is 23.9 Å². The van der Waals surface area contributed by atoms with Gasteiger partial charge in [0.05, 0.1) is 12.2 Å². The SMILES string of the molecule is CCCCCCCCCC(O)CCC1CCCO1. The fraction of sp³-hybridized carbons (Fsp3) is 1.00. The molecule has 18 heavy (non-hydrogen) atoms. The zero-order valence-corrected chi connectivity index (χ0v) is 12.2. The predicted molar refractivity (Wildman–Crippen MR) is 76.8 cm³/mol. The molecule has 0 amide bonds. The normalized spacial score (nSPS) is 21.3. The van der Waals surface area contributed by atoms with Crippen LogP contribution < -0.4 is 0 Å². The molecular formula is C16H32O2. The molecule has 1 aliphatic heterocycles. The van der Waals surface area contributed by atoms with Crippen LogP contribution in [0.4, 0.5) is 0 Å². The maximum absolute atomic E-state index is 9.89. The first-order valence-corrected chi connectivity index (χ1v) is 8.12. The van der Waals surface area contributed by atoms with Gasteiger partial charge in [-0.25, -0.2) is 0 Å². The van der Waals surface area contributed by atoms with Crippen molar-refractivity contribution in [2.75, 3.05) is 6.61 Å². The Morgan fingerprint density at radius 1 is 1.06 bits per heavy atom. The van der Waals surface area contributed by atoms with Gasteiger partial charge in [0.2, 0.25) is 0 Å². The zero-order valence-electron chi connectivity index (χ0n) is 12.2. The number of aliphatic hydroxyl groups is 1. The van der Waals surface area contributed by atoms with Crippen molar-refractivity contribution >= 4 is 0 Å². The number of hydrogen-bond donors (Lipinski definition) is 1. The molecule has 0 aromatic rings. The Morgan fingerprint density at radius 2 is 1.78 bits per heavy atom. The van der Waals surface area contributed by atoms with Gasteiger partial charge in [-0.3, -0.25) is 0 Å². The molecule has 1 saturated heterocycles. The highest BCUT2D eigenvalue weighted by Crippen LogP contribution is 2.19. The van der Waals surface area contributed by atoms with Crippen molar-refractivity contribution in [2.45, 2.75) is 96.2 Å². The standard InChI is InChI=1S/C16H32O2/c1-2-3-4-5-6-7-8-10-15(17)12-13-16-11-9-14-18-16/h15-17H,2-14H2,1H3. The summed E-state index contributed by atoms with van der Waals surface area (Å²) in [5, 5.41) is 9.89. The molecule has 2 nitrogen and oxygen atoms in total. The Labute approximate surface area is 113 Å². The third-order valence-corrected chi connectivity index (χ3v) is 3.99. The Bertz CT molecular complexity index is 176. The van der Waals surface area contributed by atoms with Crippen molar-refractivity contribution < 1.29 is 9.84 Å². The average molecular weight is 256 g/mol. The summed E-state index contributed by atoms with van der Waals surface area (Å²) in [4.78, 5) is 0. The Morgan fingerprint density at radius 3 is 2.44 bits per heavy atom. The number of hydrogen-bond acceptors (Lipinski definition) is 2. The molecule has 2 atom stereocenters. The fourth-order valence-electron chi connectivity index (χ4n) is 2.73. The van der Waals surface area contributed by atoms with Gasteiger partial charge in [0.1, 0.15) is 0 Å². The van der Waals surface area contributed by atoms with Crippen LogP contribution in [0.5, 0.6) is 0 Å². The maximum Gasteiger partial charge on any atom is 0.0577 e. The molecule has 0 spiro atoms. The molecule has 0 bridgehead atoms. The average Bonchev–Trinajstić information content (AvgIpc) is 2.88. The van der Waals surface area contributed by atoms with Crippen LogP contribution in [0.25, 0.3) is 0 Å². The van der Waals surface area contributed by atoms with E-state index in [2.05, 4.69) is 6.92 Å². The number of rotatable bonds is 11. The molecule has 108 valence electrons. The summed E-state index contributed by atoms with van der Waals surface area (Å²) in [6.45, 7) is 3.18. The van der Waals surface area contributed by atoms with Gasteiger partial charge in [0.25, 0.3) is 0 Å². The third-order valence-electron chi connectivity index (χ3n) is 3.99. The summed E-state index contributed by atoms with van der Waals surface area (Å²) < 4.78 is 5.57. The molecule has 1 N–H and O–H groups in total. The minimum absolute atomic E-state index is 0.0927. The molecule has 2 unspecified atom stereocenters. The minimum Gasteiger partial charge on any atom is -0.393 e. The van der Waals surface area contributed by atoms with Gasteiger partial charge in [-0.15, -0.1) is 0 Å². The Hall–Kier alpha value is -0.0800. The molecule has 0 saturated carbocycles. The monoisotopic (exact) mass is 256 g/mol. The first-order valence-electron chi connectivity index (χ1n) is 8.12. The molecular weight excluding hydrogens is 224 g/mol. The zero-order chi connectivity index (χ0) is 13.1. The maximum atomic E-state index is 9.89. The van der Waals surface area contributed by atoms with E-state index < -0.39 is 0 Å². The second-order valence-corrected chi connectivity index (χ2v) is 5.78. The van der Waals surface area contributed by atoms with Gasteiger partial charge < -0.3 is 9.84 Å². The summed E-state index contributed by atoms with van der Waals surface area (Å²) in [5.41, 5.74) is 0. The van der Waals surface area contributed by atoms with Crippen LogP contribution in [0.15, 0.2) is 0 Å². The Kier molecular flexibility index (Phi) is 9.59. The second kappa shape index (κ2) is 10.8. The van der Waals surface area contributed by atoms with Gasteiger partial charge in [-0.2, -0.15) is 0 Å². The highest BCUT2D eigenvalue weighted by atomic mass is 16.5. The van der Waals surface area contributed by atoms with Crippen LogP contribution >= 0.6 is 0 Å². The number of aliphatic hydroxyl groups excluding tert-OH is 1. The van der Waals surface area contributed by atoms with E-state index in [0.717, 1.165) is 25.9 Å². The summed E-state index contributed by atoms with van der Waals surface area (Å²) >= 11 is 0. The van der Waals surface area contributed by atoms with Crippen molar-refractivity contribution in [3.63, 3.8) is 0 Å². The summed E-state index contributed by atoms with van der Waals surface area (Å²) in [5.74, 6) is 0. The largest absolute Gasteiger partial charge is 0.393 e. The predicted octanol–water partition coefficient (Wildman–Crippen LogP) is 4.45. The Balaban J connectivity index is 1.82. The van der Waals surface area contributed by atoms with Crippen LogP contribution in [0, 0.1) is 0 Å². The summed E-state index contributed by atoms with van der Waals surface area (Å²) in [6.07, 6.45) is 15.0. The first-order chi connectivity index (χ1) is 8.83. The summed E-state index contributed by atoms with van der Waals surface area (Å²) in [6, 6.07) is 0. The quantitative estimate of drug-likeness (QED) is 0.553. The molecule has 1 fully saturated rings. The van der Waals surface area contributed by atoms with Gasteiger partial charge in [0, 0.05) is 6.61 Å². The second-order valence-electron chi connectivity index (χ2n) is 5.78. The topological polar surface area (TPSA) is 29.5 Å². The van der Waals surface area contributed by atoms with Crippen molar-refractivity contribution in [3.8, 4) is 0 Å². The van der Waals surface area contributed by atoms with E-state index in [0.29, 0.717) is 6.10 Å². The van der Waals surface area contributed by atoms with Crippen molar-refractivity contribution in [1.82, 2.24) is 0 Å². The highest BCUT2D eigenvalue weighted by Gasteiger charge is 2.16. The first kappa shape index (κ1) is 16.0. The third kappa shape index (κ3) is 8.10. The lowest BCUT2D eigenvalue weighted by Gasteiger charge is -2.13. The van der Waals surface area contributed by atoms with Gasteiger partial charge in [0.15, 0.2) is 0 Å². The highest BCUT2D eigenvalue weighted by molar-refractivity contribution is 4.67. The van der Waals surface area contributed by atoms with E-state index in [1.54, 1.807) is 0 Å².